The quantitative estimate of drug-likeness (QED) is 0.262. The number of rotatable bonds is 6. The van der Waals surface area contributed by atoms with Gasteiger partial charge in [0.05, 0.1) is 15.6 Å². The molecule has 12 heteroatoms. The van der Waals surface area contributed by atoms with E-state index in [1.54, 1.807) is 30.3 Å². The first-order valence-electron chi connectivity index (χ1n) is 11.5. The standard InChI is InChI=1S/C25H24ClN5O5S/c1-2-23(32)30-12-10-29(11-13-30)20-7-6-17(15-19(20)26)27-25(37)28-24(33)22-9-8-21(36-22)16-4-3-5-18(14-16)31(34)35/h3-9,14-15H,2,10-13H2,1H3,(H2,27,28,33,37). The summed E-state index contributed by atoms with van der Waals surface area (Å²) in [4.78, 5) is 39.0. The Morgan fingerprint density at radius 2 is 1.86 bits per heavy atom. The van der Waals surface area contributed by atoms with Gasteiger partial charge in [-0.25, -0.2) is 0 Å². The normalized spacial score (nSPS) is 13.2. The highest BCUT2D eigenvalue weighted by molar-refractivity contribution is 7.80. The first-order valence-corrected chi connectivity index (χ1v) is 12.3. The average molecular weight is 542 g/mol. The smallest absolute Gasteiger partial charge is 0.293 e. The number of benzene rings is 2. The molecule has 2 aromatic carbocycles. The van der Waals surface area contributed by atoms with Crippen LogP contribution in [0.2, 0.25) is 5.02 Å². The summed E-state index contributed by atoms with van der Waals surface area (Å²) in [5.74, 6) is -0.109. The Hall–Kier alpha value is -3.96. The van der Waals surface area contributed by atoms with Gasteiger partial charge in [-0.2, -0.15) is 0 Å². The number of carbonyl (C=O) groups is 2. The Kier molecular flexibility index (Phi) is 8.04. The van der Waals surface area contributed by atoms with Gasteiger partial charge in [-0.05, 0) is 42.5 Å². The van der Waals surface area contributed by atoms with Crippen molar-refractivity contribution in [3.63, 3.8) is 0 Å². The molecule has 4 rings (SSSR count). The van der Waals surface area contributed by atoms with Crippen LogP contribution in [0.4, 0.5) is 17.1 Å². The van der Waals surface area contributed by atoms with Crippen LogP contribution in [0.3, 0.4) is 0 Å². The Morgan fingerprint density at radius 3 is 2.54 bits per heavy atom. The minimum absolute atomic E-state index is 0.000247. The van der Waals surface area contributed by atoms with Crippen molar-refractivity contribution < 1.29 is 18.9 Å². The van der Waals surface area contributed by atoms with Crippen molar-refractivity contribution in [2.75, 3.05) is 36.4 Å². The van der Waals surface area contributed by atoms with Crippen molar-refractivity contribution in [2.24, 2.45) is 0 Å². The average Bonchev–Trinajstić information content (AvgIpc) is 3.39. The minimum atomic E-state index is -0.573. The zero-order valence-corrected chi connectivity index (χ0v) is 21.5. The molecule has 3 aromatic rings. The molecule has 1 saturated heterocycles. The van der Waals surface area contributed by atoms with Crippen LogP contribution in [-0.2, 0) is 4.79 Å². The molecule has 10 nitrogen and oxygen atoms in total. The number of nitrogens with one attached hydrogen (secondary N) is 2. The van der Waals surface area contributed by atoms with Crippen LogP contribution < -0.4 is 15.5 Å². The summed E-state index contributed by atoms with van der Waals surface area (Å²) in [6, 6.07) is 14.3. The topological polar surface area (TPSA) is 121 Å². The molecule has 1 aromatic heterocycles. The van der Waals surface area contributed by atoms with Crippen molar-refractivity contribution in [3.8, 4) is 11.3 Å². The van der Waals surface area contributed by atoms with E-state index < -0.39 is 10.8 Å². The van der Waals surface area contributed by atoms with Gasteiger partial charge in [-0.1, -0.05) is 30.7 Å². The number of furan rings is 1. The highest BCUT2D eigenvalue weighted by Crippen LogP contribution is 2.30. The van der Waals surface area contributed by atoms with Crippen molar-refractivity contribution in [3.05, 3.63) is 75.5 Å². The number of nitro benzene ring substituents is 1. The van der Waals surface area contributed by atoms with E-state index in [0.29, 0.717) is 54.6 Å². The molecule has 0 atom stereocenters. The summed E-state index contributed by atoms with van der Waals surface area (Å²) >= 11 is 11.8. The molecule has 192 valence electrons. The van der Waals surface area contributed by atoms with Crippen LogP contribution >= 0.6 is 23.8 Å². The molecule has 0 spiro atoms. The molecule has 1 fully saturated rings. The Bertz CT molecular complexity index is 1350. The summed E-state index contributed by atoms with van der Waals surface area (Å²) < 4.78 is 5.58. The SMILES string of the molecule is CCC(=O)N1CCN(c2ccc(NC(=S)NC(=O)c3ccc(-c4cccc([N+](=O)[O-])c4)o3)cc2Cl)CC1. The van der Waals surface area contributed by atoms with E-state index >= 15 is 0 Å². The fourth-order valence-corrected chi connectivity index (χ4v) is 4.49. The molecule has 1 aliphatic heterocycles. The van der Waals surface area contributed by atoms with Gasteiger partial charge in [0.2, 0.25) is 5.91 Å². The van der Waals surface area contributed by atoms with Gasteiger partial charge in [0.1, 0.15) is 5.76 Å². The van der Waals surface area contributed by atoms with E-state index in [0.717, 1.165) is 5.69 Å². The molecule has 2 N–H and O–H groups in total. The molecule has 0 unspecified atom stereocenters. The molecular weight excluding hydrogens is 518 g/mol. The van der Waals surface area contributed by atoms with Crippen LogP contribution in [0.5, 0.6) is 0 Å². The third-order valence-corrected chi connectivity index (χ3v) is 6.39. The Balaban J connectivity index is 1.34. The fraction of sp³-hybridized carbons (Fsp3) is 0.240. The molecule has 0 aliphatic carbocycles. The van der Waals surface area contributed by atoms with E-state index in [4.69, 9.17) is 28.2 Å². The van der Waals surface area contributed by atoms with Crippen molar-refractivity contribution in [1.29, 1.82) is 0 Å². The molecule has 0 saturated carbocycles. The van der Waals surface area contributed by atoms with Crippen molar-refractivity contribution in [1.82, 2.24) is 10.2 Å². The predicted octanol–water partition coefficient (Wildman–Crippen LogP) is 4.69. The van der Waals surface area contributed by atoms with Crippen LogP contribution in [0.1, 0.15) is 23.9 Å². The maximum absolute atomic E-state index is 12.6. The van der Waals surface area contributed by atoms with Gasteiger partial charge >= 0.3 is 0 Å². The molecular formula is C25H24ClN5O5S. The number of hydrogen-bond acceptors (Lipinski definition) is 7. The monoisotopic (exact) mass is 541 g/mol. The highest BCUT2D eigenvalue weighted by atomic mass is 35.5. The summed E-state index contributed by atoms with van der Waals surface area (Å²) in [5, 5.41) is 17.0. The third kappa shape index (κ3) is 6.25. The lowest BCUT2D eigenvalue weighted by atomic mass is 10.1. The van der Waals surface area contributed by atoms with Gasteiger partial charge in [0, 0.05) is 56.0 Å². The van der Waals surface area contributed by atoms with Crippen molar-refractivity contribution >= 4 is 57.8 Å². The Morgan fingerprint density at radius 1 is 1.11 bits per heavy atom. The number of nitro groups is 1. The summed E-state index contributed by atoms with van der Waals surface area (Å²) in [5.41, 5.74) is 1.84. The van der Waals surface area contributed by atoms with E-state index in [9.17, 15) is 19.7 Å². The number of piperazine rings is 1. The number of hydrogen-bond donors (Lipinski definition) is 2. The number of anilines is 2. The number of thiocarbonyl (C=S) groups is 1. The second-order valence-corrected chi connectivity index (χ2v) is 9.08. The minimum Gasteiger partial charge on any atom is -0.451 e. The van der Waals surface area contributed by atoms with Crippen LogP contribution in [0.25, 0.3) is 11.3 Å². The first-order chi connectivity index (χ1) is 17.7. The second kappa shape index (κ2) is 11.4. The van der Waals surface area contributed by atoms with Crippen molar-refractivity contribution in [2.45, 2.75) is 13.3 Å². The largest absolute Gasteiger partial charge is 0.451 e. The molecule has 0 radical (unpaired) electrons. The number of carbonyl (C=O) groups excluding carboxylic acids is 2. The summed E-state index contributed by atoms with van der Waals surface area (Å²) in [6.45, 7) is 4.53. The molecule has 37 heavy (non-hydrogen) atoms. The lowest BCUT2D eigenvalue weighted by molar-refractivity contribution is -0.384. The van der Waals surface area contributed by atoms with Crippen LogP contribution in [-0.4, -0.2) is 52.9 Å². The van der Waals surface area contributed by atoms with Gasteiger partial charge in [0.15, 0.2) is 10.9 Å². The highest BCUT2D eigenvalue weighted by Gasteiger charge is 2.22. The molecule has 0 bridgehead atoms. The van der Waals surface area contributed by atoms with E-state index in [1.807, 2.05) is 17.9 Å². The van der Waals surface area contributed by atoms with Gasteiger partial charge in [-0.3, -0.25) is 25.0 Å². The lowest BCUT2D eigenvalue weighted by Gasteiger charge is -2.36. The maximum atomic E-state index is 12.6. The molecule has 2 amide bonds. The summed E-state index contributed by atoms with van der Waals surface area (Å²) in [7, 11) is 0. The summed E-state index contributed by atoms with van der Waals surface area (Å²) in [6.07, 6.45) is 0.496. The van der Waals surface area contributed by atoms with Gasteiger partial charge < -0.3 is 19.5 Å². The van der Waals surface area contributed by atoms with E-state index in [2.05, 4.69) is 15.5 Å². The zero-order valence-electron chi connectivity index (χ0n) is 19.9. The fourth-order valence-electron chi connectivity index (χ4n) is 3.98. The molecule has 1 aliphatic rings. The van der Waals surface area contributed by atoms with Gasteiger partial charge in [0.25, 0.3) is 11.6 Å². The van der Waals surface area contributed by atoms with Gasteiger partial charge in [-0.15, -0.1) is 0 Å². The predicted molar refractivity (Wildman–Crippen MR) is 145 cm³/mol. The maximum Gasteiger partial charge on any atom is 0.293 e. The number of halogens is 1. The first kappa shape index (κ1) is 26.1. The zero-order chi connectivity index (χ0) is 26.5. The van der Waals surface area contributed by atoms with Crippen LogP contribution in [0, 0.1) is 10.1 Å². The number of non-ortho nitro benzene ring substituents is 1. The van der Waals surface area contributed by atoms with Crippen LogP contribution in [0.15, 0.2) is 59.0 Å². The lowest BCUT2D eigenvalue weighted by Crippen LogP contribution is -2.48. The van der Waals surface area contributed by atoms with E-state index in [1.165, 1.54) is 18.2 Å². The molecule has 2 heterocycles. The second-order valence-electron chi connectivity index (χ2n) is 8.27. The third-order valence-electron chi connectivity index (χ3n) is 5.88. The number of amides is 2. The van der Waals surface area contributed by atoms with E-state index in [-0.39, 0.29) is 22.5 Å². The number of nitrogens with zero attached hydrogens (tertiary/aromatic N) is 3. The Labute approximate surface area is 223 Å².